The number of fused-ring (bicyclic) bond motifs is 1. The molecule has 28 heavy (non-hydrogen) atoms. The third-order valence-electron chi connectivity index (χ3n) is 4.19. The maximum atomic E-state index is 13.3. The number of thiophene rings is 1. The van der Waals surface area contributed by atoms with E-state index in [-0.39, 0.29) is 5.78 Å². The van der Waals surface area contributed by atoms with Gasteiger partial charge < -0.3 is 9.15 Å². The molecular weight excluding hydrogens is 370 g/mol. The summed E-state index contributed by atoms with van der Waals surface area (Å²) in [4.78, 5) is 18.8. The molecular formula is C23H19NO3S. The number of benzene rings is 2. The average Bonchev–Trinajstić information content (AvgIpc) is 3.39. The summed E-state index contributed by atoms with van der Waals surface area (Å²) >= 11 is 1.56. The van der Waals surface area contributed by atoms with Crippen LogP contribution in [-0.4, -0.2) is 17.4 Å². The summed E-state index contributed by atoms with van der Waals surface area (Å²) in [6.45, 7) is 2.71. The zero-order chi connectivity index (χ0) is 19.3. The van der Waals surface area contributed by atoms with Gasteiger partial charge in [0.2, 0.25) is 5.89 Å². The Morgan fingerprint density at radius 2 is 1.93 bits per heavy atom. The van der Waals surface area contributed by atoms with Gasteiger partial charge in [-0.05, 0) is 60.3 Å². The summed E-state index contributed by atoms with van der Waals surface area (Å²) in [5.41, 5.74) is 2.38. The maximum Gasteiger partial charge on any atom is 0.231 e. The van der Waals surface area contributed by atoms with E-state index in [2.05, 4.69) is 11.9 Å². The minimum Gasteiger partial charge on any atom is -0.494 e. The lowest BCUT2D eigenvalue weighted by atomic mass is 10.0. The van der Waals surface area contributed by atoms with Crippen LogP contribution in [0.4, 0.5) is 0 Å². The van der Waals surface area contributed by atoms with Gasteiger partial charge in [-0.1, -0.05) is 25.1 Å². The largest absolute Gasteiger partial charge is 0.494 e. The number of Topliss-reactive ketones (excluding diaryl/α,β-unsaturated/α-hetero) is 1. The summed E-state index contributed by atoms with van der Waals surface area (Å²) in [5, 5.41) is 1.97. The van der Waals surface area contributed by atoms with Crippen LogP contribution in [0.1, 0.15) is 34.5 Å². The van der Waals surface area contributed by atoms with Crippen molar-refractivity contribution < 1.29 is 13.9 Å². The zero-order valence-electron chi connectivity index (χ0n) is 15.4. The van der Waals surface area contributed by atoms with Crippen LogP contribution in [0.5, 0.6) is 5.75 Å². The van der Waals surface area contributed by atoms with E-state index < -0.39 is 0 Å². The molecule has 0 saturated heterocycles. The highest BCUT2D eigenvalue weighted by molar-refractivity contribution is 7.11. The second kappa shape index (κ2) is 8.23. The van der Waals surface area contributed by atoms with Gasteiger partial charge in [0.25, 0.3) is 0 Å². The number of ketones is 1. The fourth-order valence-corrected chi connectivity index (χ4v) is 3.46. The van der Waals surface area contributed by atoms with Crippen LogP contribution in [0.2, 0.25) is 0 Å². The first-order valence-corrected chi connectivity index (χ1v) is 10.0. The highest BCUT2D eigenvalue weighted by Crippen LogP contribution is 2.28. The monoisotopic (exact) mass is 389 g/mol. The van der Waals surface area contributed by atoms with E-state index in [0.717, 1.165) is 22.6 Å². The van der Waals surface area contributed by atoms with Gasteiger partial charge in [-0.15, -0.1) is 11.3 Å². The van der Waals surface area contributed by atoms with Crippen LogP contribution in [0.25, 0.3) is 22.7 Å². The van der Waals surface area contributed by atoms with Gasteiger partial charge in [-0.3, -0.25) is 4.79 Å². The van der Waals surface area contributed by atoms with Crippen LogP contribution < -0.4 is 4.74 Å². The molecule has 5 heteroatoms. The Balaban J connectivity index is 1.72. The number of ether oxygens (including phenoxy) is 1. The smallest absolute Gasteiger partial charge is 0.231 e. The van der Waals surface area contributed by atoms with Crippen LogP contribution in [-0.2, 0) is 0 Å². The number of oxazole rings is 1. The number of carbonyl (C=O) groups is 1. The van der Waals surface area contributed by atoms with Crippen LogP contribution in [0.15, 0.2) is 70.5 Å². The lowest BCUT2D eigenvalue weighted by Gasteiger charge is -2.06. The first-order valence-electron chi connectivity index (χ1n) is 9.13. The quantitative estimate of drug-likeness (QED) is 0.283. The average molecular weight is 389 g/mol. The molecule has 0 unspecified atom stereocenters. The van der Waals surface area contributed by atoms with Crippen molar-refractivity contribution in [3.63, 3.8) is 0 Å². The Hall–Kier alpha value is -3.18. The van der Waals surface area contributed by atoms with E-state index in [1.54, 1.807) is 23.5 Å². The lowest BCUT2D eigenvalue weighted by Crippen LogP contribution is -2.03. The SMILES string of the molecule is CCCOc1ccc(C(=O)/C(=C/c2cccs2)c2nc3ccccc3o2)cc1. The van der Waals surface area contributed by atoms with E-state index in [4.69, 9.17) is 9.15 Å². The Morgan fingerprint density at radius 3 is 2.64 bits per heavy atom. The highest BCUT2D eigenvalue weighted by atomic mass is 32.1. The second-order valence-electron chi connectivity index (χ2n) is 6.26. The predicted octanol–water partition coefficient (Wildman–Crippen LogP) is 6.10. The van der Waals surface area contributed by atoms with Gasteiger partial charge >= 0.3 is 0 Å². The maximum absolute atomic E-state index is 13.3. The molecule has 0 radical (unpaired) electrons. The van der Waals surface area contributed by atoms with E-state index in [1.165, 1.54) is 0 Å². The molecule has 0 bridgehead atoms. The number of para-hydroxylation sites is 2. The minimum absolute atomic E-state index is 0.137. The van der Waals surface area contributed by atoms with Gasteiger partial charge in [-0.25, -0.2) is 4.98 Å². The summed E-state index contributed by atoms with van der Waals surface area (Å²) < 4.78 is 11.5. The molecule has 4 aromatic rings. The van der Waals surface area contributed by atoms with E-state index >= 15 is 0 Å². The third kappa shape index (κ3) is 3.89. The normalized spacial score (nSPS) is 11.7. The van der Waals surface area contributed by atoms with Gasteiger partial charge in [0.15, 0.2) is 11.4 Å². The molecule has 0 aliphatic carbocycles. The van der Waals surface area contributed by atoms with Crippen molar-refractivity contribution in [1.29, 1.82) is 0 Å². The second-order valence-corrected chi connectivity index (χ2v) is 7.24. The molecule has 2 aromatic heterocycles. The molecule has 2 heterocycles. The molecule has 0 spiro atoms. The van der Waals surface area contributed by atoms with Crippen molar-refractivity contribution in [2.75, 3.05) is 6.61 Å². The number of aromatic nitrogens is 1. The first kappa shape index (κ1) is 18.2. The van der Waals surface area contributed by atoms with Gasteiger partial charge in [0.05, 0.1) is 12.2 Å². The van der Waals surface area contributed by atoms with Crippen molar-refractivity contribution >= 4 is 39.9 Å². The van der Waals surface area contributed by atoms with Crippen molar-refractivity contribution in [2.45, 2.75) is 13.3 Å². The van der Waals surface area contributed by atoms with Crippen molar-refractivity contribution in [1.82, 2.24) is 4.98 Å². The fourth-order valence-electron chi connectivity index (χ4n) is 2.81. The molecule has 0 atom stereocenters. The number of hydrogen-bond donors (Lipinski definition) is 0. The Labute approximate surface area is 167 Å². The van der Waals surface area contributed by atoms with Crippen molar-refractivity contribution in [2.24, 2.45) is 0 Å². The van der Waals surface area contributed by atoms with Gasteiger partial charge in [0, 0.05) is 10.4 Å². The molecule has 2 aromatic carbocycles. The van der Waals surface area contributed by atoms with Gasteiger partial charge in [-0.2, -0.15) is 0 Å². The van der Waals surface area contributed by atoms with E-state index in [0.29, 0.717) is 29.2 Å². The van der Waals surface area contributed by atoms with E-state index in [9.17, 15) is 4.79 Å². The zero-order valence-corrected chi connectivity index (χ0v) is 16.2. The van der Waals surface area contributed by atoms with Gasteiger partial charge in [0.1, 0.15) is 11.3 Å². The number of nitrogens with zero attached hydrogens (tertiary/aromatic N) is 1. The molecule has 4 rings (SSSR count). The number of hydrogen-bond acceptors (Lipinski definition) is 5. The van der Waals surface area contributed by atoms with Crippen LogP contribution in [0, 0.1) is 0 Å². The first-order chi connectivity index (χ1) is 13.7. The number of allylic oxidation sites excluding steroid dienone is 1. The van der Waals surface area contributed by atoms with Crippen molar-refractivity contribution in [3.05, 3.63) is 82.4 Å². The highest BCUT2D eigenvalue weighted by Gasteiger charge is 2.20. The van der Waals surface area contributed by atoms with Crippen LogP contribution >= 0.6 is 11.3 Å². The molecule has 0 fully saturated rings. The molecule has 0 saturated carbocycles. The van der Waals surface area contributed by atoms with Crippen molar-refractivity contribution in [3.8, 4) is 5.75 Å². The fraction of sp³-hybridized carbons (Fsp3) is 0.130. The summed E-state index contributed by atoms with van der Waals surface area (Å²) in [5.74, 6) is 0.942. The molecule has 0 aliphatic heterocycles. The molecule has 0 aliphatic rings. The minimum atomic E-state index is -0.137. The topological polar surface area (TPSA) is 52.3 Å². The summed E-state index contributed by atoms with van der Waals surface area (Å²) in [6.07, 6.45) is 2.77. The third-order valence-corrected chi connectivity index (χ3v) is 5.01. The summed E-state index contributed by atoms with van der Waals surface area (Å²) in [7, 11) is 0. The number of carbonyl (C=O) groups excluding carboxylic acids is 1. The summed E-state index contributed by atoms with van der Waals surface area (Å²) in [6, 6.07) is 18.6. The molecule has 4 nitrogen and oxygen atoms in total. The lowest BCUT2D eigenvalue weighted by molar-refractivity contribution is 0.105. The predicted molar refractivity (Wildman–Crippen MR) is 113 cm³/mol. The number of rotatable bonds is 7. The molecule has 0 amide bonds. The Morgan fingerprint density at radius 1 is 1.11 bits per heavy atom. The van der Waals surface area contributed by atoms with Crippen LogP contribution in [0.3, 0.4) is 0 Å². The molecule has 140 valence electrons. The Kier molecular flexibility index (Phi) is 5.35. The van der Waals surface area contributed by atoms with E-state index in [1.807, 2.05) is 60.0 Å². The standard InChI is InChI=1S/C23H19NO3S/c1-2-13-26-17-11-9-16(10-12-17)22(25)19(15-18-6-5-14-28-18)23-24-20-7-3-4-8-21(20)27-23/h3-12,14-15H,2,13H2,1H3/b19-15-. The Bertz CT molecular complexity index is 1080. The molecule has 0 N–H and O–H groups in total.